The summed E-state index contributed by atoms with van der Waals surface area (Å²) in [6, 6.07) is 20.0. The van der Waals surface area contributed by atoms with Gasteiger partial charge in [0.05, 0.1) is 18.2 Å². The van der Waals surface area contributed by atoms with Gasteiger partial charge in [-0.1, -0.05) is 42.0 Å². The van der Waals surface area contributed by atoms with Crippen LogP contribution >= 0.6 is 0 Å². The number of ketones is 1. The molecule has 196 valence electrons. The van der Waals surface area contributed by atoms with Crippen LogP contribution in [0.4, 0.5) is 0 Å². The second-order valence-corrected chi connectivity index (χ2v) is 9.78. The van der Waals surface area contributed by atoms with Gasteiger partial charge < -0.3 is 24.2 Å². The van der Waals surface area contributed by atoms with E-state index in [9.17, 15) is 14.7 Å². The molecule has 1 saturated heterocycles. The largest absolute Gasteiger partial charge is 0.507 e. The fourth-order valence-corrected chi connectivity index (χ4v) is 4.97. The van der Waals surface area contributed by atoms with Crippen molar-refractivity contribution in [2.24, 2.45) is 0 Å². The first kappa shape index (κ1) is 25.5. The summed E-state index contributed by atoms with van der Waals surface area (Å²) in [5, 5.41) is 11.3. The van der Waals surface area contributed by atoms with E-state index in [0.717, 1.165) is 16.9 Å². The fourth-order valence-electron chi connectivity index (χ4n) is 4.97. The van der Waals surface area contributed by atoms with Crippen LogP contribution in [-0.4, -0.2) is 48.1 Å². The van der Waals surface area contributed by atoms with E-state index in [0.29, 0.717) is 29.9 Å². The number of likely N-dealkylation sites (tertiary alicyclic amines) is 1. The Bertz CT molecular complexity index is 1380. The van der Waals surface area contributed by atoms with E-state index in [2.05, 4.69) is 0 Å². The number of carbonyl (C=O) groups excluding carboxylic acids is 2. The van der Waals surface area contributed by atoms with E-state index in [1.807, 2.05) is 68.4 Å². The van der Waals surface area contributed by atoms with Crippen molar-refractivity contribution in [2.45, 2.75) is 39.0 Å². The minimum Gasteiger partial charge on any atom is -0.507 e. The van der Waals surface area contributed by atoms with Gasteiger partial charge in [0.1, 0.15) is 30.0 Å². The molecule has 0 aromatic heterocycles. The molecule has 0 aliphatic carbocycles. The minimum absolute atomic E-state index is 0.0498. The van der Waals surface area contributed by atoms with Gasteiger partial charge in [-0.2, -0.15) is 0 Å². The SMILES string of the molecule is COCCN1C(=O)C(=O)/C(=C(\O)c2ccc3c(c2)CC(C)O3)C1c1ccc(OCc2ccc(C)cc2)cc1. The van der Waals surface area contributed by atoms with Gasteiger partial charge in [0, 0.05) is 25.6 Å². The molecule has 3 aromatic rings. The molecule has 2 unspecified atom stereocenters. The Morgan fingerprint density at radius 1 is 1.05 bits per heavy atom. The Morgan fingerprint density at radius 3 is 2.50 bits per heavy atom. The van der Waals surface area contributed by atoms with Gasteiger partial charge in [-0.05, 0) is 60.9 Å². The molecule has 38 heavy (non-hydrogen) atoms. The molecule has 2 aliphatic rings. The van der Waals surface area contributed by atoms with Gasteiger partial charge in [-0.3, -0.25) is 9.59 Å². The van der Waals surface area contributed by atoms with Crippen molar-refractivity contribution >= 4 is 17.4 Å². The molecule has 1 fully saturated rings. The molecule has 7 nitrogen and oxygen atoms in total. The van der Waals surface area contributed by atoms with Gasteiger partial charge in [-0.15, -0.1) is 0 Å². The zero-order chi connectivity index (χ0) is 26.8. The molecule has 2 atom stereocenters. The van der Waals surface area contributed by atoms with Crippen molar-refractivity contribution in [3.8, 4) is 11.5 Å². The zero-order valence-corrected chi connectivity index (χ0v) is 21.8. The highest BCUT2D eigenvalue weighted by Gasteiger charge is 2.46. The van der Waals surface area contributed by atoms with Crippen molar-refractivity contribution < 1.29 is 28.9 Å². The first-order valence-corrected chi connectivity index (χ1v) is 12.7. The van der Waals surface area contributed by atoms with Crippen molar-refractivity contribution in [1.29, 1.82) is 0 Å². The predicted molar refractivity (Wildman–Crippen MR) is 143 cm³/mol. The number of benzene rings is 3. The van der Waals surface area contributed by atoms with Crippen LogP contribution in [-0.2, 0) is 27.4 Å². The van der Waals surface area contributed by atoms with E-state index in [4.69, 9.17) is 14.2 Å². The number of fused-ring (bicyclic) bond motifs is 1. The third kappa shape index (κ3) is 5.02. The molecule has 0 saturated carbocycles. The zero-order valence-electron chi connectivity index (χ0n) is 21.8. The number of carbonyl (C=O) groups is 2. The Morgan fingerprint density at radius 2 is 1.79 bits per heavy atom. The Kier molecular flexibility index (Phi) is 7.20. The molecule has 7 heteroatoms. The van der Waals surface area contributed by atoms with E-state index in [1.165, 1.54) is 10.5 Å². The van der Waals surface area contributed by atoms with Crippen molar-refractivity contribution in [1.82, 2.24) is 4.90 Å². The van der Waals surface area contributed by atoms with Gasteiger partial charge in [0.2, 0.25) is 0 Å². The molecular weight excluding hydrogens is 482 g/mol. The number of methoxy groups -OCH3 is 1. The number of aliphatic hydroxyl groups excluding tert-OH is 1. The quantitative estimate of drug-likeness (QED) is 0.260. The topological polar surface area (TPSA) is 85.3 Å². The summed E-state index contributed by atoms with van der Waals surface area (Å²) in [7, 11) is 1.54. The molecule has 0 spiro atoms. The van der Waals surface area contributed by atoms with Crippen LogP contribution in [0.15, 0.2) is 72.3 Å². The Labute approximate surface area is 222 Å². The summed E-state index contributed by atoms with van der Waals surface area (Å²) >= 11 is 0. The normalized spacial score (nSPS) is 19.9. The highest BCUT2D eigenvalue weighted by molar-refractivity contribution is 6.46. The predicted octanol–water partition coefficient (Wildman–Crippen LogP) is 4.97. The average molecular weight is 514 g/mol. The first-order valence-electron chi connectivity index (χ1n) is 12.7. The van der Waals surface area contributed by atoms with Crippen molar-refractivity contribution in [3.05, 3.63) is 100 Å². The Hall–Kier alpha value is -4.10. The number of aliphatic hydroxyl groups is 1. The molecule has 1 amide bonds. The second kappa shape index (κ2) is 10.7. The smallest absolute Gasteiger partial charge is 0.295 e. The van der Waals surface area contributed by atoms with Crippen LogP contribution in [0.2, 0.25) is 0 Å². The number of hydrogen-bond donors (Lipinski definition) is 1. The second-order valence-electron chi connectivity index (χ2n) is 9.78. The van der Waals surface area contributed by atoms with Crippen LogP contribution in [0.5, 0.6) is 11.5 Å². The number of nitrogens with zero attached hydrogens (tertiary/aromatic N) is 1. The summed E-state index contributed by atoms with van der Waals surface area (Å²) in [6.07, 6.45) is 0.764. The maximum absolute atomic E-state index is 13.2. The summed E-state index contributed by atoms with van der Waals surface area (Å²) in [6.45, 7) is 4.91. The number of ether oxygens (including phenoxy) is 3. The molecule has 1 N–H and O–H groups in total. The van der Waals surface area contributed by atoms with Crippen molar-refractivity contribution in [2.75, 3.05) is 20.3 Å². The monoisotopic (exact) mass is 513 g/mol. The lowest BCUT2D eigenvalue weighted by atomic mass is 9.94. The lowest BCUT2D eigenvalue weighted by molar-refractivity contribution is -0.140. The number of amides is 1. The summed E-state index contributed by atoms with van der Waals surface area (Å²) in [5.41, 5.74) is 4.44. The van der Waals surface area contributed by atoms with Crippen LogP contribution < -0.4 is 9.47 Å². The van der Waals surface area contributed by atoms with Gasteiger partial charge in [0.15, 0.2) is 0 Å². The number of hydrogen-bond acceptors (Lipinski definition) is 6. The van der Waals surface area contributed by atoms with Crippen LogP contribution in [0, 0.1) is 6.92 Å². The summed E-state index contributed by atoms with van der Waals surface area (Å²) < 4.78 is 16.9. The third-order valence-electron chi connectivity index (χ3n) is 6.97. The van der Waals surface area contributed by atoms with E-state index in [-0.39, 0.29) is 30.6 Å². The highest BCUT2D eigenvalue weighted by atomic mass is 16.5. The number of aryl methyl sites for hydroxylation is 1. The molecule has 0 radical (unpaired) electrons. The molecule has 5 rings (SSSR count). The van der Waals surface area contributed by atoms with Gasteiger partial charge in [-0.25, -0.2) is 0 Å². The van der Waals surface area contributed by atoms with Crippen LogP contribution in [0.25, 0.3) is 5.76 Å². The third-order valence-corrected chi connectivity index (χ3v) is 6.97. The van der Waals surface area contributed by atoms with Gasteiger partial charge >= 0.3 is 0 Å². The molecular formula is C31H31NO6. The first-order chi connectivity index (χ1) is 18.4. The van der Waals surface area contributed by atoms with Crippen molar-refractivity contribution in [3.63, 3.8) is 0 Å². The van der Waals surface area contributed by atoms with E-state index < -0.39 is 17.7 Å². The van der Waals surface area contributed by atoms with Crippen LogP contribution in [0.1, 0.15) is 40.8 Å². The molecule has 2 heterocycles. The fraction of sp³-hybridized carbons (Fsp3) is 0.290. The van der Waals surface area contributed by atoms with E-state index in [1.54, 1.807) is 19.2 Å². The maximum atomic E-state index is 13.2. The minimum atomic E-state index is -0.750. The molecule has 0 bridgehead atoms. The van der Waals surface area contributed by atoms with Gasteiger partial charge in [0.25, 0.3) is 11.7 Å². The number of rotatable bonds is 8. The van der Waals surface area contributed by atoms with E-state index >= 15 is 0 Å². The highest BCUT2D eigenvalue weighted by Crippen LogP contribution is 2.40. The summed E-state index contributed by atoms with van der Waals surface area (Å²) in [4.78, 5) is 27.7. The average Bonchev–Trinajstić information content (AvgIpc) is 3.42. The standard InChI is InChI=1S/C31H31NO6/c1-19-4-6-21(7-5-19)18-37-25-11-8-22(9-12-25)28-27(30(34)31(35)32(28)14-15-36-3)29(33)23-10-13-26-24(17-23)16-20(2)38-26/h4-13,17,20,28,33H,14-16,18H2,1-3H3/b29-27-. The maximum Gasteiger partial charge on any atom is 0.295 e. The Balaban J connectivity index is 1.46. The molecule has 2 aliphatic heterocycles. The molecule has 3 aromatic carbocycles. The lowest BCUT2D eigenvalue weighted by Crippen LogP contribution is -2.32. The lowest BCUT2D eigenvalue weighted by Gasteiger charge is -2.25. The summed E-state index contributed by atoms with van der Waals surface area (Å²) in [5.74, 6) is -0.140. The van der Waals surface area contributed by atoms with Crippen LogP contribution in [0.3, 0.4) is 0 Å². The number of Topliss-reactive ketones (excluding diaryl/α,β-unsaturated/α-hetero) is 1.